The zero-order valence-corrected chi connectivity index (χ0v) is 7.64. The van der Waals surface area contributed by atoms with Crippen molar-refractivity contribution in [3.05, 3.63) is 24.3 Å². The highest BCUT2D eigenvalue weighted by atomic mass is 16.1. The lowest BCUT2D eigenvalue weighted by molar-refractivity contribution is -0.119. The van der Waals surface area contributed by atoms with E-state index < -0.39 is 0 Å². The molecule has 0 unspecified atom stereocenters. The Hall–Kier alpha value is -1.58. The van der Waals surface area contributed by atoms with Crippen molar-refractivity contribution in [1.82, 2.24) is 9.97 Å². The van der Waals surface area contributed by atoms with Crippen LogP contribution in [-0.4, -0.2) is 21.5 Å². The van der Waals surface area contributed by atoms with E-state index in [9.17, 15) is 9.59 Å². The van der Waals surface area contributed by atoms with Crippen LogP contribution in [0, 0.1) is 5.92 Å². The maximum Gasteiger partial charge on any atom is 0.190 e. The summed E-state index contributed by atoms with van der Waals surface area (Å²) in [5, 5.41) is 0. The Balaban J connectivity index is 1.98. The minimum Gasteiger partial charge on any atom is -0.299 e. The first-order valence-corrected chi connectivity index (χ1v) is 4.59. The summed E-state index contributed by atoms with van der Waals surface area (Å²) in [7, 11) is 0. The van der Waals surface area contributed by atoms with Crippen LogP contribution in [0.3, 0.4) is 0 Å². The topological polar surface area (TPSA) is 59.9 Å². The second kappa shape index (κ2) is 3.65. The fraction of sp³-hybridized carbons (Fsp3) is 0.400. The van der Waals surface area contributed by atoms with E-state index in [1.807, 2.05) is 0 Å². The van der Waals surface area contributed by atoms with Crippen LogP contribution in [0.25, 0.3) is 0 Å². The average Bonchev–Trinajstić information content (AvgIpc) is 3.02. The second-order valence-corrected chi connectivity index (χ2v) is 3.43. The van der Waals surface area contributed by atoms with E-state index >= 15 is 0 Å². The van der Waals surface area contributed by atoms with Gasteiger partial charge in [0.1, 0.15) is 11.5 Å². The molecule has 0 radical (unpaired) electrons. The van der Waals surface area contributed by atoms with Crippen LogP contribution in [0.1, 0.15) is 29.8 Å². The normalized spacial score (nSPS) is 15.1. The molecule has 1 aliphatic rings. The molecule has 0 aromatic carbocycles. The molecule has 0 spiro atoms. The van der Waals surface area contributed by atoms with E-state index in [1.54, 1.807) is 0 Å². The van der Waals surface area contributed by atoms with Gasteiger partial charge in [-0.2, -0.15) is 0 Å². The van der Waals surface area contributed by atoms with Gasteiger partial charge in [0.05, 0.1) is 12.6 Å². The van der Waals surface area contributed by atoms with Crippen molar-refractivity contribution in [2.24, 2.45) is 5.92 Å². The van der Waals surface area contributed by atoms with Gasteiger partial charge in [-0.05, 0) is 12.8 Å². The zero-order valence-electron chi connectivity index (χ0n) is 7.64. The van der Waals surface area contributed by atoms with Gasteiger partial charge in [0, 0.05) is 18.3 Å². The Morgan fingerprint density at radius 3 is 2.71 bits per heavy atom. The summed E-state index contributed by atoms with van der Waals surface area (Å²) < 4.78 is 0. The summed E-state index contributed by atoms with van der Waals surface area (Å²) >= 11 is 0. The molecule has 0 atom stereocenters. The van der Waals surface area contributed by atoms with Crippen molar-refractivity contribution in [1.29, 1.82) is 0 Å². The minimum absolute atomic E-state index is 0.0244. The summed E-state index contributed by atoms with van der Waals surface area (Å²) in [6.45, 7) is 0. The van der Waals surface area contributed by atoms with Gasteiger partial charge >= 0.3 is 0 Å². The predicted molar refractivity (Wildman–Crippen MR) is 48.7 cm³/mol. The van der Waals surface area contributed by atoms with Crippen molar-refractivity contribution in [3.63, 3.8) is 0 Å². The third-order valence-electron chi connectivity index (χ3n) is 2.22. The maximum absolute atomic E-state index is 11.5. The largest absolute Gasteiger partial charge is 0.299 e. The SMILES string of the molecule is O=C(CC(=O)C1CC1)c1cnccn1. The Morgan fingerprint density at radius 2 is 2.14 bits per heavy atom. The third-order valence-corrected chi connectivity index (χ3v) is 2.22. The van der Waals surface area contributed by atoms with Crippen molar-refractivity contribution in [3.8, 4) is 0 Å². The molecule has 1 heterocycles. The van der Waals surface area contributed by atoms with Gasteiger partial charge in [-0.3, -0.25) is 14.6 Å². The van der Waals surface area contributed by atoms with Crippen LogP contribution in [-0.2, 0) is 4.79 Å². The number of ketones is 2. The molecular weight excluding hydrogens is 180 g/mol. The Bertz CT molecular complexity index is 358. The second-order valence-electron chi connectivity index (χ2n) is 3.43. The van der Waals surface area contributed by atoms with Gasteiger partial charge in [-0.25, -0.2) is 4.98 Å². The smallest absolute Gasteiger partial charge is 0.190 e. The molecule has 72 valence electrons. The third kappa shape index (κ3) is 2.02. The number of hydrogen-bond acceptors (Lipinski definition) is 4. The first-order valence-electron chi connectivity index (χ1n) is 4.59. The molecule has 1 fully saturated rings. The number of Topliss-reactive ketones (excluding diaryl/α,β-unsaturated/α-hetero) is 2. The van der Waals surface area contributed by atoms with Crippen LogP contribution in [0.4, 0.5) is 0 Å². The van der Waals surface area contributed by atoms with Gasteiger partial charge in [-0.1, -0.05) is 0 Å². The predicted octanol–water partition coefficient (Wildman–Crippen LogP) is 1.03. The van der Waals surface area contributed by atoms with Crippen LogP contribution in [0.5, 0.6) is 0 Å². The number of nitrogens with zero attached hydrogens (tertiary/aromatic N) is 2. The molecule has 14 heavy (non-hydrogen) atoms. The van der Waals surface area contributed by atoms with Crippen molar-refractivity contribution < 1.29 is 9.59 Å². The average molecular weight is 190 g/mol. The van der Waals surface area contributed by atoms with Crippen molar-refractivity contribution in [2.45, 2.75) is 19.3 Å². The standard InChI is InChI=1S/C10H10N2O2/c13-9(7-1-2-7)5-10(14)8-6-11-3-4-12-8/h3-4,6-7H,1-2,5H2. The summed E-state index contributed by atoms with van der Waals surface area (Å²) in [6, 6.07) is 0. The van der Waals surface area contributed by atoms with E-state index in [1.165, 1.54) is 18.6 Å². The van der Waals surface area contributed by atoms with E-state index in [4.69, 9.17) is 0 Å². The van der Waals surface area contributed by atoms with Gasteiger partial charge in [0.2, 0.25) is 0 Å². The fourth-order valence-electron chi connectivity index (χ4n) is 1.24. The Labute approximate surface area is 81.4 Å². The number of hydrogen-bond donors (Lipinski definition) is 0. The van der Waals surface area contributed by atoms with Crippen LogP contribution in [0.2, 0.25) is 0 Å². The molecule has 1 aliphatic carbocycles. The highest BCUT2D eigenvalue weighted by Crippen LogP contribution is 2.31. The highest BCUT2D eigenvalue weighted by Gasteiger charge is 2.30. The number of rotatable bonds is 4. The molecule has 0 bridgehead atoms. The van der Waals surface area contributed by atoms with Gasteiger partial charge in [0.15, 0.2) is 5.78 Å². The summed E-state index contributed by atoms with van der Waals surface area (Å²) in [6.07, 6.45) is 6.19. The molecule has 4 nitrogen and oxygen atoms in total. The summed E-state index contributed by atoms with van der Waals surface area (Å²) in [4.78, 5) is 30.4. The molecule has 0 aliphatic heterocycles. The Morgan fingerprint density at radius 1 is 1.36 bits per heavy atom. The lowest BCUT2D eigenvalue weighted by atomic mass is 10.1. The number of carbonyl (C=O) groups excluding carboxylic acids is 2. The fourth-order valence-corrected chi connectivity index (χ4v) is 1.24. The van der Waals surface area contributed by atoms with E-state index in [2.05, 4.69) is 9.97 Å². The molecule has 1 saturated carbocycles. The molecule has 1 aromatic rings. The number of carbonyl (C=O) groups is 2. The van der Waals surface area contributed by atoms with Crippen molar-refractivity contribution >= 4 is 11.6 Å². The first-order chi connectivity index (χ1) is 6.77. The molecule has 0 saturated heterocycles. The van der Waals surface area contributed by atoms with Crippen LogP contribution >= 0.6 is 0 Å². The first kappa shape index (κ1) is 8.99. The van der Waals surface area contributed by atoms with E-state index in [-0.39, 0.29) is 29.6 Å². The Kier molecular flexibility index (Phi) is 2.35. The quantitative estimate of drug-likeness (QED) is 0.525. The molecule has 0 N–H and O–H groups in total. The van der Waals surface area contributed by atoms with Crippen LogP contribution in [0.15, 0.2) is 18.6 Å². The highest BCUT2D eigenvalue weighted by molar-refractivity contribution is 6.07. The van der Waals surface area contributed by atoms with Gasteiger partial charge in [0.25, 0.3) is 0 Å². The van der Waals surface area contributed by atoms with Gasteiger partial charge < -0.3 is 0 Å². The van der Waals surface area contributed by atoms with E-state index in [0.29, 0.717) is 0 Å². The van der Waals surface area contributed by atoms with Crippen LogP contribution < -0.4 is 0 Å². The minimum atomic E-state index is -0.227. The van der Waals surface area contributed by atoms with E-state index in [0.717, 1.165) is 12.8 Å². The lowest BCUT2D eigenvalue weighted by Crippen LogP contribution is -2.11. The maximum atomic E-state index is 11.5. The monoisotopic (exact) mass is 190 g/mol. The lowest BCUT2D eigenvalue weighted by Gasteiger charge is -1.97. The van der Waals surface area contributed by atoms with Crippen molar-refractivity contribution in [2.75, 3.05) is 0 Å². The molecular formula is C10H10N2O2. The molecule has 0 amide bonds. The molecule has 1 aromatic heterocycles. The summed E-state index contributed by atoms with van der Waals surface area (Å²) in [5.41, 5.74) is 0.279. The molecule has 2 rings (SSSR count). The zero-order chi connectivity index (χ0) is 9.97. The van der Waals surface area contributed by atoms with Gasteiger partial charge in [-0.15, -0.1) is 0 Å². The molecule has 4 heteroatoms. The summed E-state index contributed by atoms with van der Waals surface area (Å²) in [5.74, 6) is -0.0497. The number of aromatic nitrogens is 2.